The number of likely N-dealkylation sites (tertiary alicyclic amines) is 1. The third-order valence-corrected chi connectivity index (χ3v) is 6.07. The molecule has 1 aliphatic heterocycles. The second-order valence-corrected chi connectivity index (χ2v) is 7.82. The molecule has 1 amide bonds. The molecule has 3 heteroatoms. The predicted octanol–water partition coefficient (Wildman–Crippen LogP) is 3.97. The molecule has 2 unspecified atom stereocenters. The Balaban J connectivity index is 1.46. The molecule has 1 heterocycles. The fourth-order valence-electron chi connectivity index (χ4n) is 4.43. The second kappa shape index (κ2) is 8.15. The number of aliphatic hydroxyl groups is 1. The summed E-state index contributed by atoms with van der Waals surface area (Å²) in [6, 6.07) is 10.8. The highest BCUT2D eigenvalue weighted by Gasteiger charge is 2.29. The molecule has 132 valence electrons. The van der Waals surface area contributed by atoms with E-state index in [0.29, 0.717) is 24.2 Å². The van der Waals surface area contributed by atoms with Crippen LogP contribution in [0.15, 0.2) is 30.3 Å². The first-order valence-electron chi connectivity index (χ1n) is 9.64. The van der Waals surface area contributed by atoms with Gasteiger partial charge in [0.2, 0.25) is 5.91 Å². The molecule has 2 aliphatic rings. The van der Waals surface area contributed by atoms with Crippen molar-refractivity contribution in [2.45, 2.75) is 63.9 Å². The van der Waals surface area contributed by atoms with E-state index in [9.17, 15) is 9.90 Å². The van der Waals surface area contributed by atoms with E-state index in [4.69, 9.17) is 0 Å². The van der Waals surface area contributed by atoms with Gasteiger partial charge in [-0.05, 0) is 62.8 Å². The van der Waals surface area contributed by atoms with E-state index in [1.54, 1.807) is 0 Å². The molecule has 0 radical (unpaired) electrons. The summed E-state index contributed by atoms with van der Waals surface area (Å²) in [6.45, 7) is 3.47. The lowest BCUT2D eigenvalue weighted by Crippen LogP contribution is -2.43. The van der Waals surface area contributed by atoms with Crippen molar-refractivity contribution in [1.82, 2.24) is 4.90 Å². The second-order valence-electron chi connectivity index (χ2n) is 7.82. The quantitative estimate of drug-likeness (QED) is 0.908. The van der Waals surface area contributed by atoms with Crippen molar-refractivity contribution in [2.24, 2.45) is 11.8 Å². The molecule has 0 spiro atoms. The van der Waals surface area contributed by atoms with Gasteiger partial charge in [-0.3, -0.25) is 4.79 Å². The van der Waals surface area contributed by atoms with Crippen molar-refractivity contribution >= 4 is 5.91 Å². The topological polar surface area (TPSA) is 40.5 Å². The molecular weight excluding hydrogens is 298 g/mol. The van der Waals surface area contributed by atoms with Crippen LogP contribution in [0.4, 0.5) is 0 Å². The highest BCUT2D eigenvalue weighted by atomic mass is 16.3. The maximum Gasteiger partial charge on any atom is 0.222 e. The van der Waals surface area contributed by atoms with E-state index in [1.165, 1.54) is 31.2 Å². The zero-order valence-corrected chi connectivity index (χ0v) is 14.9. The average molecular weight is 329 g/mol. The molecule has 3 rings (SSSR count). The molecule has 1 N–H and O–H groups in total. The van der Waals surface area contributed by atoms with Crippen LogP contribution in [0.5, 0.6) is 0 Å². The van der Waals surface area contributed by atoms with Crippen LogP contribution in [0.25, 0.3) is 0 Å². The highest BCUT2D eigenvalue weighted by molar-refractivity contribution is 5.76. The third-order valence-electron chi connectivity index (χ3n) is 6.07. The van der Waals surface area contributed by atoms with E-state index in [2.05, 4.69) is 30.3 Å². The lowest BCUT2D eigenvalue weighted by atomic mass is 9.77. The Morgan fingerprint density at radius 1 is 1.17 bits per heavy atom. The van der Waals surface area contributed by atoms with Crippen LogP contribution in [0, 0.1) is 11.8 Å². The molecule has 3 nitrogen and oxygen atoms in total. The number of aliphatic hydroxyl groups excluding tert-OH is 1. The van der Waals surface area contributed by atoms with Gasteiger partial charge < -0.3 is 10.0 Å². The normalized spacial score (nSPS) is 29.2. The van der Waals surface area contributed by atoms with Crippen LogP contribution >= 0.6 is 0 Å². The number of amides is 1. The summed E-state index contributed by atoms with van der Waals surface area (Å²) in [6.07, 6.45) is 7.22. The SMILES string of the molecule is CC(O)C1CCCN(C(=O)CC2CCC(c3ccccc3)CC2)C1. The number of nitrogens with zero attached hydrogens (tertiary/aromatic N) is 1. The van der Waals surface area contributed by atoms with Crippen LogP contribution in [0.2, 0.25) is 0 Å². The molecule has 24 heavy (non-hydrogen) atoms. The summed E-state index contributed by atoms with van der Waals surface area (Å²) in [5.41, 5.74) is 1.46. The Morgan fingerprint density at radius 2 is 1.88 bits per heavy atom. The molecule has 0 aromatic heterocycles. The Hall–Kier alpha value is -1.35. The maximum absolute atomic E-state index is 12.6. The molecule has 1 saturated carbocycles. The van der Waals surface area contributed by atoms with E-state index < -0.39 is 0 Å². The standard InChI is InChI=1S/C21H31NO2/c1-16(23)20-8-5-13-22(15-20)21(24)14-17-9-11-19(12-10-17)18-6-3-2-4-7-18/h2-4,6-7,16-17,19-20,23H,5,8-15H2,1H3. The Kier molecular flexibility index (Phi) is 5.94. The summed E-state index contributed by atoms with van der Waals surface area (Å²) in [5.74, 6) is 1.79. The number of hydrogen-bond acceptors (Lipinski definition) is 2. The molecule has 1 saturated heterocycles. The van der Waals surface area contributed by atoms with Gasteiger partial charge >= 0.3 is 0 Å². The largest absolute Gasteiger partial charge is 0.393 e. The van der Waals surface area contributed by atoms with Crippen LogP contribution in [-0.2, 0) is 4.79 Å². The summed E-state index contributed by atoms with van der Waals surface area (Å²) >= 11 is 0. The number of hydrogen-bond donors (Lipinski definition) is 1. The van der Waals surface area contributed by atoms with E-state index in [1.807, 2.05) is 11.8 Å². The average Bonchev–Trinajstić information content (AvgIpc) is 2.63. The monoisotopic (exact) mass is 329 g/mol. The number of carbonyl (C=O) groups is 1. The minimum Gasteiger partial charge on any atom is -0.393 e. The first-order valence-corrected chi connectivity index (χ1v) is 9.64. The lowest BCUT2D eigenvalue weighted by Gasteiger charge is -2.36. The van der Waals surface area contributed by atoms with Crippen molar-refractivity contribution in [2.75, 3.05) is 13.1 Å². The Morgan fingerprint density at radius 3 is 2.54 bits per heavy atom. The van der Waals surface area contributed by atoms with Crippen LogP contribution in [0.3, 0.4) is 0 Å². The van der Waals surface area contributed by atoms with Gasteiger partial charge in [-0.2, -0.15) is 0 Å². The van der Waals surface area contributed by atoms with Crippen LogP contribution < -0.4 is 0 Å². The van der Waals surface area contributed by atoms with Gasteiger partial charge in [0.15, 0.2) is 0 Å². The summed E-state index contributed by atoms with van der Waals surface area (Å²) in [7, 11) is 0. The fraction of sp³-hybridized carbons (Fsp3) is 0.667. The Bertz CT molecular complexity index is 520. The van der Waals surface area contributed by atoms with Gasteiger partial charge in [0, 0.05) is 25.4 Å². The van der Waals surface area contributed by atoms with Gasteiger partial charge in [-0.25, -0.2) is 0 Å². The summed E-state index contributed by atoms with van der Waals surface area (Å²) in [4.78, 5) is 14.6. The zero-order valence-electron chi connectivity index (χ0n) is 14.9. The van der Waals surface area contributed by atoms with E-state index >= 15 is 0 Å². The number of rotatable bonds is 4. The number of piperidine rings is 1. The zero-order chi connectivity index (χ0) is 16.9. The van der Waals surface area contributed by atoms with Gasteiger partial charge in [-0.1, -0.05) is 30.3 Å². The van der Waals surface area contributed by atoms with E-state index in [-0.39, 0.29) is 12.0 Å². The summed E-state index contributed by atoms with van der Waals surface area (Å²) < 4.78 is 0. The third kappa shape index (κ3) is 4.38. The maximum atomic E-state index is 12.6. The van der Waals surface area contributed by atoms with Gasteiger partial charge in [0.1, 0.15) is 0 Å². The van der Waals surface area contributed by atoms with Crippen molar-refractivity contribution < 1.29 is 9.90 Å². The summed E-state index contributed by atoms with van der Waals surface area (Å²) in [5, 5.41) is 9.80. The van der Waals surface area contributed by atoms with Crippen LogP contribution in [0.1, 0.15) is 63.4 Å². The number of carbonyl (C=O) groups excluding carboxylic acids is 1. The minimum absolute atomic E-state index is 0.261. The van der Waals surface area contributed by atoms with Crippen molar-refractivity contribution in [1.29, 1.82) is 0 Å². The molecule has 0 bridgehead atoms. The highest BCUT2D eigenvalue weighted by Crippen LogP contribution is 2.37. The minimum atomic E-state index is -0.304. The van der Waals surface area contributed by atoms with Crippen molar-refractivity contribution in [3.8, 4) is 0 Å². The lowest BCUT2D eigenvalue weighted by molar-refractivity contribution is -0.135. The van der Waals surface area contributed by atoms with Crippen LogP contribution in [-0.4, -0.2) is 35.1 Å². The molecule has 1 aromatic rings. The first-order chi connectivity index (χ1) is 11.6. The van der Waals surface area contributed by atoms with Crippen molar-refractivity contribution in [3.05, 3.63) is 35.9 Å². The molecule has 2 atom stereocenters. The molecular formula is C21H31NO2. The molecule has 1 aliphatic carbocycles. The van der Waals surface area contributed by atoms with Gasteiger partial charge in [0.05, 0.1) is 6.10 Å². The fourth-order valence-corrected chi connectivity index (χ4v) is 4.43. The predicted molar refractivity (Wildman–Crippen MR) is 96.7 cm³/mol. The van der Waals surface area contributed by atoms with Gasteiger partial charge in [-0.15, -0.1) is 0 Å². The smallest absolute Gasteiger partial charge is 0.222 e. The van der Waals surface area contributed by atoms with Gasteiger partial charge in [0.25, 0.3) is 0 Å². The van der Waals surface area contributed by atoms with E-state index in [0.717, 1.165) is 25.9 Å². The van der Waals surface area contributed by atoms with Crippen molar-refractivity contribution in [3.63, 3.8) is 0 Å². The molecule has 2 fully saturated rings. The first kappa shape index (κ1) is 17.5. The molecule has 1 aromatic carbocycles. The Labute approximate surface area is 146 Å². The number of benzene rings is 1.